The topological polar surface area (TPSA) is 74.6 Å². The quantitative estimate of drug-likeness (QED) is 0.654. The molecular weight excluding hydrogens is 184 g/mol. The van der Waals surface area contributed by atoms with Gasteiger partial charge in [0.05, 0.1) is 11.8 Å². The molecule has 0 heterocycles. The number of rotatable bonds is 2. The van der Waals surface area contributed by atoms with Crippen molar-refractivity contribution in [2.24, 2.45) is 23.7 Å². The molecule has 0 bridgehead atoms. The number of allylic oxidation sites excluding steroid dienone is 2. The molecule has 4 nitrogen and oxygen atoms in total. The molecule has 0 aromatic heterocycles. The summed E-state index contributed by atoms with van der Waals surface area (Å²) in [5, 5.41) is 17.9. The first-order valence-electron chi connectivity index (χ1n) is 4.59. The Morgan fingerprint density at radius 2 is 1.21 bits per heavy atom. The molecule has 0 aromatic carbocycles. The highest BCUT2D eigenvalue weighted by Crippen LogP contribution is 2.34. The van der Waals surface area contributed by atoms with Crippen LogP contribution in [0.25, 0.3) is 0 Å². The maximum Gasteiger partial charge on any atom is 0.307 e. The van der Waals surface area contributed by atoms with Crippen LogP contribution in [-0.4, -0.2) is 22.2 Å². The zero-order valence-corrected chi connectivity index (χ0v) is 8.18. The van der Waals surface area contributed by atoms with Crippen LogP contribution >= 0.6 is 0 Å². The fraction of sp³-hybridized carbons (Fsp3) is 0.600. The average Bonchev–Trinajstić information content (AvgIpc) is 2.07. The monoisotopic (exact) mass is 198 g/mol. The SMILES string of the molecule is C[C@H]1C=C[C@H](C)[C@@H](C(=O)O)[C@H]1C(=O)O. The molecule has 0 fully saturated rings. The maximum absolute atomic E-state index is 10.9. The first-order chi connectivity index (χ1) is 6.45. The van der Waals surface area contributed by atoms with Crippen LogP contribution in [0.2, 0.25) is 0 Å². The molecule has 4 heteroatoms. The molecule has 0 aliphatic heterocycles. The van der Waals surface area contributed by atoms with E-state index in [0.717, 1.165) is 0 Å². The van der Waals surface area contributed by atoms with Crippen molar-refractivity contribution < 1.29 is 19.8 Å². The molecule has 1 aliphatic carbocycles. The minimum atomic E-state index is -1.03. The predicted octanol–water partition coefficient (Wildman–Crippen LogP) is 1.23. The van der Waals surface area contributed by atoms with Gasteiger partial charge >= 0.3 is 11.9 Å². The molecule has 0 aromatic rings. The molecule has 0 spiro atoms. The highest BCUT2D eigenvalue weighted by molar-refractivity contribution is 5.81. The van der Waals surface area contributed by atoms with Crippen LogP contribution in [0.15, 0.2) is 12.2 Å². The number of carboxylic acid groups (broad SMARTS) is 2. The lowest BCUT2D eigenvalue weighted by Crippen LogP contribution is -2.39. The van der Waals surface area contributed by atoms with Gasteiger partial charge in [0.1, 0.15) is 0 Å². The molecule has 1 aliphatic rings. The second-order valence-electron chi connectivity index (χ2n) is 3.83. The lowest BCUT2D eigenvalue weighted by atomic mass is 9.72. The molecule has 0 amide bonds. The zero-order valence-electron chi connectivity index (χ0n) is 8.18. The molecular formula is C10H14O4. The molecule has 0 saturated heterocycles. The van der Waals surface area contributed by atoms with Gasteiger partial charge in [-0.05, 0) is 11.8 Å². The van der Waals surface area contributed by atoms with E-state index in [4.69, 9.17) is 10.2 Å². The van der Waals surface area contributed by atoms with Gasteiger partial charge in [-0.3, -0.25) is 9.59 Å². The minimum absolute atomic E-state index is 0.218. The molecule has 0 radical (unpaired) electrons. The van der Waals surface area contributed by atoms with Crippen LogP contribution < -0.4 is 0 Å². The third kappa shape index (κ3) is 1.78. The zero-order chi connectivity index (χ0) is 10.9. The number of hydrogen-bond acceptors (Lipinski definition) is 2. The Hall–Kier alpha value is -1.32. The number of aliphatic carboxylic acids is 2. The maximum atomic E-state index is 10.9. The van der Waals surface area contributed by atoms with Gasteiger partial charge in [0.25, 0.3) is 0 Å². The number of hydrogen-bond donors (Lipinski definition) is 2. The fourth-order valence-corrected chi connectivity index (χ4v) is 2.00. The summed E-state index contributed by atoms with van der Waals surface area (Å²) in [7, 11) is 0. The van der Waals surface area contributed by atoms with E-state index in [1.165, 1.54) is 0 Å². The Morgan fingerprint density at radius 1 is 0.929 bits per heavy atom. The fourth-order valence-electron chi connectivity index (χ4n) is 2.00. The van der Waals surface area contributed by atoms with Crippen molar-refractivity contribution in [1.29, 1.82) is 0 Å². The van der Waals surface area contributed by atoms with Crippen molar-refractivity contribution in [1.82, 2.24) is 0 Å². The van der Waals surface area contributed by atoms with Crippen molar-refractivity contribution in [3.05, 3.63) is 12.2 Å². The van der Waals surface area contributed by atoms with E-state index < -0.39 is 23.8 Å². The van der Waals surface area contributed by atoms with Crippen LogP contribution in [0.5, 0.6) is 0 Å². The predicted molar refractivity (Wildman–Crippen MR) is 49.7 cm³/mol. The summed E-state index contributed by atoms with van der Waals surface area (Å²) in [4.78, 5) is 21.9. The summed E-state index contributed by atoms with van der Waals surface area (Å²) in [6.45, 7) is 3.47. The van der Waals surface area contributed by atoms with E-state index in [1.54, 1.807) is 26.0 Å². The molecule has 0 unspecified atom stereocenters. The molecule has 0 saturated carbocycles. The van der Waals surface area contributed by atoms with E-state index in [1.807, 2.05) is 0 Å². The van der Waals surface area contributed by atoms with Crippen LogP contribution in [0.4, 0.5) is 0 Å². The molecule has 1 rings (SSSR count). The van der Waals surface area contributed by atoms with Crippen LogP contribution in [0.1, 0.15) is 13.8 Å². The van der Waals surface area contributed by atoms with Crippen molar-refractivity contribution >= 4 is 11.9 Å². The van der Waals surface area contributed by atoms with Crippen LogP contribution in [0, 0.1) is 23.7 Å². The summed E-state index contributed by atoms with van der Waals surface area (Å²) >= 11 is 0. The highest BCUT2D eigenvalue weighted by atomic mass is 16.4. The van der Waals surface area contributed by atoms with Gasteiger partial charge in [-0.1, -0.05) is 26.0 Å². The third-order valence-electron chi connectivity index (χ3n) is 2.81. The molecule has 2 N–H and O–H groups in total. The van der Waals surface area contributed by atoms with E-state index in [0.29, 0.717) is 0 Å². The second kappa shape index (κ2) is 3.82. The number of carboxylic acids is 2. The Labute approximate surface area is 82.2 Å². The van der Waals surface area contributed by atoms with Gasteiger partial charge in [0, 0.05) is 0 Å². The molecule has 14 heavy (non-hydrogen) atoms. The molecule has 4 atom stereocenters. The van der Waals surface area contributed by atoms with Crippen LogP contribution in [0.3, 0.4) is 0 Å². The van der Waals surface area contributed by atoms with Gasteiger partial charge in [-0.25, -0.2) is 0 Å². The Morgan fingerprint density at radius 3 is 1.43 bits per heavy atom. The van der Waals surface area contributed by atoms with Gasteiger partial charge in [0.15, 0.2) is 0 Å². The van der Waals surface area contributed by atoms with Crippen molar-refractivity contribution in [2.75, 3.05) is 0 Å². The summed E-state index contributed by atoms with van der Waals surface area (Å²) in [5.41, 5.74) is 0. The Bertz CT molecular complexity index is 254. The van der Waals surface area contributed by atoms with Gasteiger partial charge in [0.2, 0.25) is 0 Å². The second-order valence-corrected chi connectivity index (χ2v) is 3.83. The Kier molecular flexibility index (Phi) is 2.93. The normalized spacial score (nSPS) is 36.7. The largest absolute Gasteiger partial charge is 0.481 e. The van der Waals surface area contributed by atoms with E-state index in [9.17, 15) is 9.59 Å². The lowest BCUT2D eigenvalue weighted by molar-refractivity contribution is -0.157. The van der Waals surface area contributed by atoms with Crippen molar-refractivity contribution in [3.8, 4) is 0 Å². The van der Waals surface area contributed by atoms with Crippen molar-refractivity contribution in [2.45, 2.75) is 13.8 Å². The smallest absolute Gasteiger partial charge is 0.307 e. The Balaban J connectivity index is 3.02. The summed E-state index contributed by atoms with van der Waals surface area (Å²) in [6, 6.07) is 0. The average molecular weight is 198 g/mol. The summed E-state index contributed by atoms with van der Waals surface area (Å²) in [5.74, 6) is -4.11. The standard InChI is InChI=1S/C10H14O4/c1-5-3-4-6(2)8(10(13)14)7(5)9(11)12/h3-8H,1-2H3,(H,11,12)(H,13,14)/t5-,6-,7-,8+/m0/s1. The van der Waals surface area contributed by atoms with Gasteiger partial charge in [-0.15, -0.1) is 0 Å². The first-order valence-corrected chi connectivity index (χ1v) is 4.59. The van der Waals surface area contributed by atoms with Crippen molar-refractivity contribution in [3.63, 3.8) is 0 Å². The van der Waals surface area contributed by atoms with Gasteiger partial charge < -0.3 is 10.2 Å². The summed E-state index contributed by atoms with van der Waals surface area (Å²) < 4.78 is 0. The number of carbonyl (C=O) groups is 2. The first kappa shape index (κ1) is 10.8. The lowest BCUT2D eigenvalue weighted by Gasteiger charge is -2.31. The van der Waals surface area contributed by atoms with E-state index in [-0.39, 0.29) is 11.8 Å². The van der Waals surface area contributed by atoms with E-state index >= 15 is 0 Å². The minimum Gasteiger partial charge on any atom is -0.481 e. The van der Waals surface area contributed by atoms with E-state index in [2.05, 4.69) is 0 Å². The molecule has 78 valence electrons. The van der Waals surface area contributed by atoms with Gasteiger partial charge in [-0.2, -0.15) is 0 Å². The highest BCUT2D eigenvalue weighted by Gasteiger charge is 2.41. The summed E-state index contributed by atoms with van der Waals surface area (Å²) in [6.07, 6.45) is 3.56. The van der Waals surface area contributed by atoms with Crippen LogP contribution in [-0.2, 0) is 9.59 Å². The third-order valence-corrected chi connectivity index (χ3v) is 2.81.